The minimum absolute atomic E-state index is 0.0000589. The average molecular weight is 1060 g/mol. The Hall–Kier alpha value is -6.32. The molecule has 1 aliphatic carbocycles. The van der Waals surface area contributed by atoms with Gasteiger partial charge in [0.1, 0.15) is 24.0 Å². The molecule has 4 amide bonds. The van der Waals surface area contributed by atoms with E-state index in [4.69, 9.17) is 4.74 Å². The van der Waals surface area contributed by atoms with E-state index < -0.39 is 50.8 Å². The summed E-state index contributed by atoms with van der Waals surface area (Å²) >= 11 is 0. The second-order valence-electron chi connectivity index (χ2n) is 20.7. The molecular weight excluding hydrogens is 1000 g/mol. The van der Waals surface area contributed by atoms with Crippen LogP contribution >= 0.6 is 0 Å². The number of benzene rings is 2. The molecular formula is C52H60F4N10O8S. The van der Waals surface area contributed by atoms with Crippen molar-refractivity contribution < 1.29 is 55.0 Å². The van der Waals surface area contributed by atoms with Crippen molar-refractivity contribution in [2.45, 2.75) is 126 Å². The summed E-state index contributed by atoms with van der Waals surface area (Å²) < 4.78 is 94.3. The minimum atomic E-state index is -4.82. The largest absolute Gasteiger partial charge is 0.419 e. The van der Waals surface area contributed by atoms with Crippen molar-refractivity contribution in [1.29, 1.82) is 0 Å². The SMILES string of the molecule is CC(C)(O)Cn1cc(-c2nc(Nc3ccc(S(=O)(=O)NC4CCC(CN5CCC(C(=O)N6CCC(OCC#Cc7cccc8c7CN(C7CCC(=O)NC7=O)C8=O)CC6)CC5)CC4)cc3F)ncc2C(F)(F)F)cn1. The standard InChI is InChI=1S/C52H60F4N10O8S/c1-51(2,71)31-65-29-35(26-58-65)46-41(52(54,55)56)27-57-50(61-46)59-43-13-12-38(25-42(43)53)75(72,73)62-36-10-8-32(9-11-36)28-63-20-16-34(17-21-63)48(69)64-22-18-37(19-23-64)74-24-4-6-33-5-3-7-39-40(33)30-66(49(39)70)44-14-15-45(67)60-47(44)68/h3,5,7,12-13,25-27,29,32,34,36-37,44,62,71H,8-11,14-24,28,30-31H2,1-2H3,(H,57,59,61)(H,60,67,68). The van der Waals surface area contributed by atoms with E-state index in [0.717, 1.165) is 63.0 Å². The number of anilines is 2. The number of amides is 4. The number of carbonyl (C=O) groups excluding carboxylic acids is 4. The van der Waals surface area contributed by atoms with Crippen molar-refractivity contribution in [2.24, 2.45) is 11.8 Å². The maximum atomic E-state index is 15.4. The molecule has 0 radical (unpaired) electrons. The molecule has 23 heteroatoms. The number of alkyl halides is 3. The number of halogens is 4. The number of nitrogens with one attached hydrogen (secondary N) is 3. The first-order chi connectivity index (χ1) is 35.7. The van der Waals surface area contributed by atoms with Crippen LogP contribution in [0, 0.1) is 29.5 Å². The Balaban J connectivity index is 0.682. The smallest absolute Gasteiger partial charge is 0.389 e. The summed E-state index contributed by atoms with van der Waals surface area (Å²) in [4.78, 5) is 64.1. The van der Waals surface area contributed by atoms with Crippen LogP contribution in [-0.2, 0) is 48.4 Å². The number of rotatable bonds is 14. The van der Waals surface area contributed by atoms with Gasteiger partial charge in [0.25, 0.3) is 5.91 Å². The van der Waals surface area contributed by atoms with Crippen molar-refractivity contribution in [1.82, 2.24) is 44.5 Å². The molecule has 6 heterocycles. The van der Waals surface area contributed by atoms with Crippen LogP contribution in [0.15, 0.2) is 59.9 Å². The first kappa shape index (κ1) is 53.5. The highest BCUT2D eigenvalue weighted by Crippen LogP contribution is 2.37. The van der Waals surface area contributed by atoms with Crippen molar-refractivity contribution in [3.63, 3.8) is 0 Å². The summed E-state index contributed by atoms with van der Waals surface area (Å²) in [6, 6.07) is 7.47. The second kappa shape index (κ2) is 22.1. The van der Waals surface area contributed by atoms with Gasteiger partial charge in [0, 0.05) is 73.6 Å². The van der Waals surface area contributed by atoms with Gasteiger partial charge in [-0.1, -0.05) is 17.9 Å². The minimum Gasteiger partial charge on any atom is -0.389 e. The van der Waals surface area contributed by atoms with Gasteiger partial charge >= 0.3 is 6.18 Å². The Kier molecular flexibility index (Phi) is 15.8. The van der Waals surface area contributed by atoms with Crippen LogP contribution in [0.5, 0.6) is 0 Å². The lowest BCUT2D eigenvalue weighted by Gasteiger charge is -2.39. The van der Waals surface area contributed by atoms with E-state index in [1.54, 1.807) is 12.1 Å². The van der Waals surface area contributed by atoms with E-state index in [1.165, 1.54) is 41.9 Å². The van der Waals surface area contributed by atoms with Crippen molar-refractivity contribution in [3.05, 3.63) is 83.1 Å². The highest BCUT2D eigenvalue weighted by molar-refractivity contribution is 7.89. The van der Waals surface area contributed by atoms with Gasteiger partial charge in [-0.15, -0.1) is 0 Å². The molecule has 1 unspecified atom stereocenters. The fourth-order valence-electron chi connectivity index (χ4n) is 10.7. The topological polar surface area (TPSA) is 221 Å². The van der Waals surface area contributed by atoms with E-state index in [-0.39, 0.29) is 90.4 Å². The summed E-state index contributed by atoms with van der Waals surface area (Å²) in [6.45, 7) is 7.15. The van der Waals surface area contributed by atoms with Crippen molar-refractivity contribution >= 4 is 45.3 Å². The first-order valence-corrected chi connectivity index (χ1v) is 26.8. The fraction of sp³-hybridized carbons (Fsp3) is 0.519. The van der Waals surface area contributed by atoms with Crippen LogP contribution in [0.4, 0.5) is 29.2 Å². The van der Waals surface area contributed by atoms with Gasteiger partial charge in [-0.05, 0) is 127 Å². The molecule has 4 aromatic rings. The van der Waals surface area contributed by atoms with E-state index in [9.17, 15) is 45.9 Å². The van der Waals surface area contributed by atoms with Gasteiger partial charge < -0.3 is 29.9 Å². The van der Waals surface area contributed by atoms with Gasteiger partial charge in [0.15, 0.2) is 0 Å². The number of ether oxygens (including phenoxy) is 1. The monoisotopic (exact) mass is 1060 g/mol. The third-order valence-corrected chi connectivity index (χ3v) is 16.1. The molecule has 3 saturated heterocycles. The predicted molar refractivity (Wildman–Crippen MR) is 264 cm³/mol. The number of aromatic nitrogens is 4. The molecule has 4 fully saturated rings. The van der Waals surface area contributed by atoms with Crippen molar-refractivity contribution in [3.8, 4) is 23.1 Å². The molecule has 75 heavy (non-hydrogen) atoms. The Morgan fingerprint density at radius 1 is 0.960 bits per heavy atom. The van der Waals surface area contributed by atoms with Crippen LogP contribution in [0.1, 0.15) is 105 Å². The van der Waals surface area contributed by atoms with E-state index in [1.807, 2.05) is 11.0 Å². The summed E-state index contributed by atoms with van der Waals surface area (Å²) in [5.74, 6) is 4.31. The molecule has 18 nitrogen and oxygen atoms in total. The number of nitrogens with zero attached hydrogens (tertiary/aromatic N) is 7. The van der Waals surface area contributed by atoms with E-state index in [2.05, 4.69) is 47.2 Å². The zero-order valence-electron chi connectivity index (χ0n) is 41.7. The van der Waals surface area contributed by atoms with Gasteiger partial charge in [-0.2, -0.15) is 18.3 Å². The van der Waals surface area contributed by atoms with Gasteiger partial charge in [0.05, 0.1) is 40.7 Å². The molecule has 0 bridgehead atoms. The first-order valence-electron chi connectivity index (χ1n) is 25.3. The number of carbonyl (C=O) groups is 4. The Bertz CT molecular complexity index is 2980. The molecule has 0 spiro atoms. The Morgan fingerprint density at radius 2 is 1.71 bits per heavy atom. The lowest BCUT2D eigenvalue weighted by atomic mass is 9.85. The van der Waals surface area contributed by atoms with E-state index >= 15 is 4.39 Å². The molecule has 4 aliphatic heterocycles. The fourth-order valence-corrected chi connectivity index (χ4v) is 12.0. The van der Waals surface area contributed by atoms with Crippen molar-refractivity contribution in [2.75, 3.05) is 44.6 Å². The average Bonchev–Trinajstić information content (AvgIpc) is 3.97. The predicted octanol–water partition coefficient (Wildman–Crippen LogP) is 5.38. The number of piperidine rings is 3. The highest BCUT2D eigenvalue weighted by atomic mass is 32.2. The molecule has 5 aliphatic rings. The van der Waals surface area contributed by atoms with E-state index in [0.29, 0.717) is 62.0 Å². The second-order valence-corrected chi connectivity index (χ2v) is 22.5. The Morgan fingerprint density at radius 3 is 2.40 bits per heavy atom. The number of likely N-dealkylation sites (tertiary alicyclic amines) is 2. The molecule has 1 saturated carbocycles. The molecule has 9 rings (SSSR count). The van der Waals surface area contributed by atoms with Crippen LogP contribution in [0.3, 0.4) is 0 Å². The maximum absolute atomic E-state index is 15.4. The zero-order valence-corrected chi connectivity index (χ0v) is 42.5. The molecule has 2 aromatic heterocycles. The Labute approximate surface area is 432 Å². The van der Waals surface area contributed by atoms with Gasteiger partial charge in [-0.3, -0.25) is 29.2 Å². The highest BCUT2D eigenvalue weighted by Gasteiger charge is 2.40. The zero-order chi connectivity index (χ0) is 53.2. The molecule has 2 aromatic carbocycles. The summed E-state index contributed by atoms with van der Waals surface area (Å²) in [6.07, 6.45) is 4.37. The maximum Gasteiger partial charge on any atom is 0.419 e. The van der Waals surface area contributed by atoms with Crippen LogP contribution < -0.4 is 15.4 Å². The number of fused-ring (bicyclic) bond motifs is 1. The van der Waals surface area contributed by atoms with Gasteiger partial charge in [0.2, 0.25) is 33.7 Å². The number of aliphatic hydroxyl groups is 1. The van der Waals surface area contributed by atoms with Crippen LogP contribution in [0.2, 0.25) is 0 Å². The normalized spacial score (nSPS) is 21.4. The number of hydrogen-bond donors (Lipinski definition) is 4. The van der Waals surface area contributed by atoms with Crippen LogP contribution in [0.25, 0.3) is 11.3 Å². The molecule has 1 atom stereocenters. The third kappa shape index (κ3) is 12.9. The lowest BCUT2D eigenvalue weighted by Crippen LogP contribution is -2.52. The summed E-state index contributed by atoms with van der Waals surface area (Å²) in [5, 5.41) is 19.0. The number of hydrogen-bond acceptors (Lipinski definition) is 13. The summed E-state index contributed by atoms with van der Waals surface area (Å²) in [5.41, 5.74) is -1.16. The number of sulfonamides is 1. The molecule has 4 N–H and O–H groups in total. The quantitative estimate of drug-likeness (QED) is 0.0709. The number of imide groups is 1. The van der Waals surface area contributed by atoms with Crippen LogP contribution in [-0.4, -0.2) is 135 Å². The third-order valence-electron chi connectivity index (χ3n) is 14.6. The lowest BCUT2D eigenvalue weighted by molar-refractivity contribution is -0.140. The van der Waals surface area contributed by atoms with Gasteiger partial charge in [-0.25, -0.2) is 27.5 Å². The summed E-state index contributed by atoms with van der Waals surface area (Å²) in [7, 11) is -4.13. The molecule has 400 valence electrons.